The summed E-state index contributed by atoms with van der Waals surface area (Å²) in [6.07, 6.45) is 21.5. The monoisotopic (exact) mass is 242 g/mol. The minimum atomic E-state index is 0.829. The molecule has 1 saturated carbocycles. The van der Waals surface area contributed by atoms with E-state index in [2.05, 4.69) is 50.3 Å². The van der Waals surface area contributed by atoms with Gasteiger partial charge in [-0.1, -0.05) is 47.6 Å². The minimum absolute atomic E-state index is 0.829. The molecule has 0 aliphatic heterocycles. The number of allylic oxidation sites excluding steroid dienone is 8. The molecule has 2 bridgehead atoms. The van der Waals surface area contributed by atoms with Gasteiger partial charge in [-0.3, -0.25) is 0 Å². The van der Waals surface area contributed by atoms with Crippen molar-refractivity contribution in [3.05, 3.63) is 47.6 Å². The summed E-state index contributed by atoms with van der Waals surface area (Å²) in [5.41, 5.74) is 3.27. The summed E-state index contributed by atoms with van der Waals surface area (Å²) in [4.78, 5) is 0. The van der Waals surface area contributed by atoms with Crippen molar-refractivity contribution < 1.29 is 0 Å². The Morgan fingerprint density at radius 1 is 0.889 bits per heavy atom. The first kappa shape index (κ1) is 13.4. The average molecular weight is 242 g/mol. The predicted molar refractivity (Wildman–Crippen MR) is 80.5 cm³/mol. The van der Waals surface area contributed by atoms with Gasteiger partial charge in [0.1, 0.15) is 0 Å². The second kappa shape index (κ2) is 6.78. The lowest BCUT2D eigenvalue weighted by atomic mass is 9.97. The van der Waals surface area contributed by atoms with Crippen LogP contribution in [-0.2, 0) is 0 Å². The Morgan fingerprint density at radius 3 is 1.72 bits per heavy atom. The fourth-order valence-corrected chi connectivity index (χ4v) is 3.05. The van der Waals surface area contributed by atoms with Crippen molar-refractivity contribution in [3.8, 4) is 0 Å². The fraction of sp³-hybridized carbons (Fsp3) is 0.556. The molecule has 0 aromatic heterocycles. The quantitative estimate of drug-likeness (QED) is 0.486. The summed E-state index contributed by atoms with van der Waals surface area (Å²) in [5.74, 6) is 1.73. The van der Waals surface area contributed by atoms with E-state index in [0.717, 1.165) is 11.8 Å². The van der Waals surface area contributed by atoms with Crippen LogP contribution in [0.4, 0.5) is 0 Å². The van der Waals surface area contributed by atoms with Crippen LogP contribution in [0.3, 0.4) is 0 Å². The molecule has 3 aliphatic carbocycles. The van der Waals surface area contributed by atoms with Crippen molar-refractivity contribution in [1.29, 1.82) is 0 Å². The molecular formula is C18H26. The molecule has 1 fully saturated rings. The lowest BCUT2D eigenvalue weighted by Gasteiger charge is -2.09. The highest BCUT2D eigenvalue weighted by Gasteiger charge is 2.30. The van der Waals surface area contributed by atoms with Crippen molar-refractivity contribution in [2.45, 2.75) is 52.4 Å². The summed E-state index contributed by atoms with van der Waals surface area (Å²) >= 11 is 0. The number of rotatable bonds is 0. The summed E-state index contributed by atoms with van der Waals surface area (Å²) < 4.78 is 0. The van der Waals surface area contributed by atoms with Crippen LogP contribution >= 0.6 is 0 Å². The van der Waals surface area contributed by atoms with Crippen LogP contribution in [0.25, 0.3) is 0 Å². The summed E-state index contributed by atoms with van der Waals surface area (Å²) in [6.45, 7) is 4.48. The van der Waals surface area contributed by atoms with Gasteiger partial charge in [-0.15, -0.1) is 0 Å². The van der Waals surface area contributed by atoms with E-state index in [9.17, 15) is 0 Å². The van der Waals surface area contributed by atoms with Gasteiger partial charge in [-0.05, 0) is 64.2 Å². The molecule has 0 N–H and O–H groups in total. The summed E-state index contributed by atoms with van der Waals surface area (Å²) in [7, 11) is 0. The third kappa shape index (κ3) is 3.73. The molecule has 0 nitrogen and oxygen atoms in total. The van der Waals surface area contributed by atoms with Crippen LogP contribution in [0.2, 0.25) is 0 Å². The molecule has 0 aromatic rings. The molecule has 0 spiro atoms. The summed E-state index contributed by atoms with van der Waals surface area (Å²) in [6, 6.07) is 0. The Bertz CT molecular complexity index is 349. The van der Waals surface area contributed by atoms with Crippen LogP contribution in [0.15, 0.2) is 47.6 Å². The second-order valence-corrected chi connectivity index (χ2v) is 5.81. The Morgan fingerprint density at radius 2 is 1.44 bits per heavy atom. The largest absolute Gasteiger partial charge is 0.0882 e. The smallest absolute Gasteiger partial charge is 0.00148 e. The Hall–Kier alpha value is -1.04. The molecule has 0 saturated heterocycles. The molecule has 0 heterocycles. The molecule has 0 radical (unpaired) electrons. The number of fused-ring (bicyclic) bond motifs is 2. The first-order valence-corrected chi connectivity index (χ1v) is 7.42. The SMILES string of the molecule is C1=CCCC=CCC1.CC(C)=C1CC2C=CC1C2. The topological polar surface area (TPSA) is 0 Å². The van der Waals surface area contributed by atoms with E-state index >= 15 is 0 Å². The van der Waals surface area contributed by atoms with Crippen molar-refractivity contribution >= 4 is 0 Å². The maximum atomic E-state index is 2.39. The highest BCUT2D eigenvalue weighted by molar-refractivity contribution is 5.29. The van der Waals surface area contributed by atoms with Crippen LogP contribution in [0, 0.1) is 11.8 Å². The van der Waals surface area contributed by atoms with Gasteiger partial charge in [0.05, 0.1) is 0 Å². The molecule has 3 rings (SSSR count). The Balaban J connectivity index is 0.000000138. The van der Waals surface area contributed by atoms with Crippen LogP contribution in [-0.4, -0.2) is 0 Å². The number of hydrogen-bond acceptors (Lipinski definition) is 0. The van der Waals surface area contributed by atoms with Gasteiger partial charge in [0.15, 0.2) is 0 Å². The highest BCUT2D eigenvalue weighted by atomic mass is 14.4. The molecule has 3 aliphatic rings. The molecule has 2 unspecified atom stereocenters. The number of hydrogen-bond donors (Lipinski definition) is 0. The van der Waals surface area contributed by atoms with E-state index in [1.165, 1.54) is 38.5 Å². The van der Waals surface area contributed by atoms with Crippen LogP contribution in [0.5, 0.6) is 0 Å². The standard InChI is InChI=1S/C10H14.C8H12/c1-7(2)10-6-8-3-4-9(10)5-8;1-2-4-6-8-7-5-3-1/h3-4,8-9H,5-6H2,1-2H3;1-2,7-8H,3-6H2. The zero-order chi connectivity index (χ0) is 12.8. The van der Waals surface area contributed by atoms with E-state index in [1.54, 1.807) is 11.1 Å². The van der Waals surface area contributed by atoms with Gasteiger partial charge in [0.2, 0.25) is 0 Å². The van der Waals surface area contributed by atoms with E-state index in [0.29, 0.717) is 0 Å². The van der Waals surface area contributed by atoms with E-state index in [1.807, 2.05) is 0 Å². The van der Waals surface area contributed by atoms with Gasteiger partial charge >= 0.3 is 0 Å². The van der Waals surface area contributed by atoms with E-state index in [-0.39, 0.29) is 0 Å². The van der Waals surface area contributed by atoms with Crippen LogP contribution < -0.4 is 0 Å². The van der Waals surface area contributed by atoms with Gasteiger partial charge in [0, 0.05) is 0 Å². The highest BCUT2D eigenvalue weighted by Crippen LogP contribution is 2.44. The lowest BCUT2D eigenvalue weighted by Crippen LogP contribution is -1.93. The molecule has 18 heavy (non-hydrogen) atoms. The average Bonchev–Trinajstić information content (AvgIpc) is 2.90. The van der Waals surface area contributed by atoms with E-state index in [4.69, 9.17) is 0 Å². The first-order chi connectivity index (χ1) is 8.77. The van der Waals surface area contributed by atoms with Crippen LogP contribution in [0.1, 0.15) is 52.4 Å². The zero-order valence-electron chi connectivity index (χ0n) is 11.9. The van der Waals surface area contributed by atoms with Gasteiger partial charge < -0.3 is 0 Å². The van der Waals surface area contributed by atoms with Gasteiger partial charge in [0.25, 0.3) is 0 Å². The maximum absolute atomic E-state index is 2.39. The third-order valence-corrected chi connectivity index (χ3v) is 4.08. The Kier molecular flexibility index (Phi) is 5.04. The molecule has 98 valence electrons. The Labute approximate surface area is 112 Å². The van der Waals surface area contributed by atoms with Crippen molar-refractivity contribution in [2.75, 3.05) is 0 Å². The molecule has 0 heteroatoms. The fourth-order valence-electron chi connectivity index (χ4n) is 3.05. The van der Waals surface area contributed by atoms with E-state index < -0.39 is 0 Å². The molecule has 2 atom stereocenters. The maximum Gasteiger partial charge on any atom is -0.00148 e. The molecule has 0 aromatic carbocycles. The molecular weight excluding hydrogens is 216 g/mol. The first-order valence-electron chi connectivity index (χ1n) is 7.42. The van der Waals surface area contributed by atoms with Gasteiger partial charge in [-0.25, -0.2) is 0 Å². The second-order valence-electron chi connectivity index (χ2n) is 5.81. The van der Waals surface area contributed by atoms with Crippen molar-refractivity contribution in [1.82, 2.24) is 0 Å². The normalized spacial score (nSPS) is 28.7. The minimum Gasteiger partial charge on any atom is -0.0882 e. The summed E-state index contributed by atoms with van der Waals surface area (Å²) in [5, 5.41) is 0. The lowest BCUT2D eigenvalue weighted by molar-refractivity contribution is 0.693. The van der Waals surface area contributed by atoms with Crippen molar-refractivity contribution in [2.24, 2.45) is 11.8 Å². The third-order valence-electron chi connectivity index (χ3n) is 4.08. The predicted octanol–water partition coefficient (Wildman–Crippen LogP) is 5.59. The van der Waals surface area contributed by atoms with Gasteiger partial charge in [-0.2, -0.15) is 0 Å². The molecule has 0 amide bonds. The zero-order valence-corrected chi connectivity index (χ0v) is 11.9. The van der Waals surface area contributed by atoms with Crippen molar-refractivity contribution in [3.63, 3.8) is 0 Å².